The maximum absolute atomic E-state index is 5.58. The summed E-state index contributed by atoms with van der Waals surface area (Å²) in [4.78, 5) is 4.23. The van der Waals surface area contributed by atoms with E-state index in [-0.39, 0.29) is 0 Å². The van der Waals surface area contributed by atoms with E-state index < -0.39 is 0 Å². The van der Waals surface area contributed by atoms with Crippen LogP contribution in [0.3, 0.4) is 0 Å². The minimum atomic E-state index is 0.666. The SMILES string of the molecule is CC1CCCC1n1cncc1CCN. The summed E-state index contributed by atoms with van der Waals surface area (Å²) < 4.78 is 2.34. The molecule has 1 aliphatic rings. The summed E-state index contributed by atoms with van der Waals surface area (Å²) in [6.45, 7) is 3.05. The standard InChI is InChI=1S/C11H19N3/c1-9-3-2-4-11(9)14-8-13-7-10(14)5-6-12/h7-9,11H,2-6,12H2,1H3. The van der Waals surface area contributed by atoms with E-state index in [0.29, 0.717) is 12.6 Å². The molecule has 0 spiro atoms. The van der Waals surface area contributed by atoms with Gasteiger partial charge in [-0.15, -0.1) is 0 Å². The largest absolute Gasteiger partial charge is 0.331 e. The second-order valence-corrected chi connectivity index (χ2v) is 4.31. The van der Waals surface area contributed by atoms with Crippen molar-refractivity contribution in [2.45, 2.75) is 38.6 Å². The van der Waals surface area contributed by atoms with Crippen LogP contribution in [0.15, 0.2) is 12.5 Å². The fourth-order valence-electron chi connectivity index (χ4n) is 2.51. The van der Waals surface area contributed by atoms with Crippen molar-refractivity contribution in [2.75, 3.05) is 6.54 Å². The first-order valence-corrected chi connectivity index (χ1v) is 5.53. The average Bonchev–Trinajstić information content (AvgIpc) is 2.74. The molecule has 0 bridgehead atoms. The molecule has 1 aromatic rings. The number of hydrogen-bond acceptors (Lipinski definition) is 2. The van der Waals surface area contributed by atoms with Crippen molar-refractivity contribution in [3.05, 3.63) is 18.2 Å². The molecule has 0 radical (unpaired) electrons. The predicted octanol–water partition coefficient (Wildman–Crippen LogP) is 1.75. The highest BCUT2D eigenvalue weighted by Gasteiger charge is 2.25. The molecule has 0 saturated heterocycles. The number of nitrogens with zero attached hydrogens (tertiary/aromatic N) is 2. The third-order valence-electron chi connectivity index (χ3n) is 3.32. The zero-order valence-corrected chi connectivity index (χ0v) is 8.82. The Labute approximate surface area is 85.3 Å². The quantitative estimate of drug-likeness (QED) is 0.794. The number of nitrogens with two attached hydrogens (primary N) is 1. The fourth-order valence-corrected chi connectivity index (χ4v) is 2.51. The molecule has 1 fully saturated rings. The van der Waals surface area contributed by atoms with E-state index in [9.17, 15) is 0 Å². The van der Waals surface area contributed by atoms with Crippen molar-refractivity contribution in [1.82, 2.24) is 9.55 Å². The van der Waals surface area contributed by atoms with Crippen LogP contribution in [-0.2, 0) is 6.42 Å². The van der Waals surface area contributed by atoms with Gasteiger partial charge in [0.05, 0.1) is 6.33 Å². The maximum atomic E-state index is 5.58. The van der Waals surface area contributed by atoms with Gasteiger partial charge in [0.25, 0.3) is 0 Å². The predicted molar refractivity (Wildman–Crippen MR) is 57.0 cm³/mol. The van der Waals surface area contributed by atoms with Crippen LogP contribution in [-0.4, -0.2) is 16.1 Å². The Kier molecular flexibility index (Phi) is 2.87. The summed E-state index contributed by atoms with van der Waals surface area (Å²) in [7, 11) is 0. The first-order valence-electron chi connectivity index (χ1n) is 5.53. The molecule has 1 heterocycles. The van der Waals surface area contributed by atoms with Gasteiger partial charge in [-0.3, -0.25) is 0 Å². The fraction of sp³-hybridized carbons (Fsp3) is 0.727. The molecule has 1 aliphatic carbocycles. The van der Waals surface area contributed by atoms with Gasteiger partial charge in [0.1, 0.15) is 0 Å². The highest BCUT2D eigenvalue weighted by Crippen LogP contribution is 2.35. The molecule has 0 amide bonds. The van der Waals surface area contributed by atoms with E-state index in [1.807, 2.05) is 12.5 Å². The summed E-state index contributed by atoms with van der Waals surface area (Å²) in [5.74, 6) is 0.792. The van der Waals surface area contributed by atoms with Gasteiger partial charge in [-0.25, -0.2) is 4.98 Å². The topological polar surface area (TPSA) is 43.8 Å². The lowest BCUT2D eigenvalue weighted by Crippen LogP contribution is -2.15. The highest BCUT2D eigenvalue weighted by atomic mass is 15.1. The number of rotatable bonds is 3. The van der Waals surface area contributed by atoms with Crippen LogP contribution in [0.2, 0.25) is 0 Å². The zero-order chi connectivity index (χ0) is 9.97. The Bertz CT molecular complexity index is 292. The van der Waals surface area contributed by atoms with E-state index in [1.54, 1.807) is 0 Å². The summed E-state index contributed by atoms with van der Waals surface area (Å²) in [6, 6.07) is 0.666. The smallest absolute Gasteiger partial charge is 0.0950 e. The van der Waals surface area contributed by atoms with Gasteiger partial charge in [0, 0.05) is 24.4 Å². The van der Waals surface area contributed by atoms with Crippen LogP contribution in [0.5, 0.6) is 0 Å². The van der Waals surface area contributed by atoms with Crippen molar-refractivity contribution in [2.24, 2.45) is 11.7 Å². The van der Waals surface area contributed by atoms with Gasteiger partial charge >= 0.3 is 0 Å². The summed E-state index contributed by atoms with van der Waals surface area (Å²) in [6.07, 6.45) is 8.88. The minimum Gasteiger partial charge on any atom is -0.331 e. The second-order valence-electron chi connectivity index (χ2n) is 4.31. The van der Waals surface area contributed by atoms with Gasteiger partial charge in [-0.1, -0.05) is 13.3 Å². The lowest BCUT2D eigenvalue weighted by molar-refractivity contribution is 0.398. The summed E-state index contributed by atoms with van der Waals surface area (Å²) >= 11 is 0. The van der Waals surface area contributed by atoms with Crippen molar-refractivity contribution < 1.29 is 0 Å². The number of aromatic nitrogens is 2. The third kappa shape index (κ3) is 1.69. The Morgan fingerprint density at radius 2 is 2.43 bits per heavy atom. The molecule has 1 aromatic heterocycles. The average molecular weight is 193 g/mol. The molecule has 78 valence electrons. The van der Waals surface area contributed by atoms with Crippen molar-refractivity contribution in [3.8, 4) is 0 Å². The number of hydrogen-bond donors (Lipinski definition) is 1. The minimum absolute atomic E-state index is 0.666. The molecule has 2 N–H and O–H groups in total. The van der Waals surface area contributed by atoms with Gasteiger partial charge in [0.2, 0.25) is 0 Å². The van der Waals surface area contributed by atoms with E-state index in [1.165, 1.54) is 25.0 Å². The molecule has 2 unspecified atom stereocenters. The highest BCUT2D eigenvalue weighted by molar-refractivity contribution is 5.02. The van der Waals surface area contributed by atoms with Crippen molar-refractivity contribution >= 4 is 0 Å². The molecule has 0 aromatic carbocycles. The van der Waals surface area contributed by atoms with E-state index in [2.05, 4.69) is 16.5 Å². The molecule has 1 saturated carbocycles. The summed E-state index contributed by atoms with van der Waals surface area (Å²) in [5.41, 5.74) is 6.88. The van der Waals surface area contributed by atoms with Gasteiger partial charge in [-0.05, 0) is 25.3 Å². The van der Waals surface area contributed by atoms with Crippen LogP contribution >= 0.6 is 0 Å². The molecular weight excluding hydrogens is 174 g/mol. The van der Waals surface area contributed by atoms with Gasteiger partial charge in [0.15, 0.2) is 0 Å². The second kappa shape index (κ2) is 4.13. The van der Waals surface area contributed by atoms with Crippen LogP contribution in [0.1, 0.15) is 37.9 Å². The van der Waals surface area contributed by atoms with Gasteiger partial charge in [-0.2, -0.15) is 0 Å². The van der Waals surface area contributed by atoms with Crippen LogP contribution in [0.25, 0.3) is 0 Å². The molecule has 3 nitrogen and oxygen atoms in total. The lowest BCUT2D eigenvalue weighted by atomic mass is 10.1. The Hall–Kier alpha value is -0.830. The van der Waals surface area contributed by atoms with E-state index >= 15 is 0 Å². The normalized spacial score (nSPS) is 27.0. The zero-order valence-electron chi connectivity index (χ0n) is 8.82. The first-order chi connectivity index (χ1) is 6.83. The van der Waals surface area contributed by atoms with Crippen LogP contribution in [0.4, 0.5) is 0 Å². The summed E-state index contributed by atoms with van der Waals surface area (Å²) in [5, 5.41) is 0. The lowest BCUT2D eigenvalue weighted by Gasteiger charge is -2.19. The maximum Gasteiger partial charge on any atom is 0.0950 e. The van der Waals surface area contributed by atoms with E-state index in [4.69, 9.17) is 5.73 Å². The third-order valence-corrected chi connectivity index (χ3v) is 3.32. The Balaban J connectivity index is 2.17. The molecule has 0 aliphatic heterocycles. The van der Waals surface area contributed by atoms with Crippen molar-refractivity contribution in [3.63, 3.8) is 0 Å². The Morgan fingerprint density at radius 3 is 3.07 bits per heavy atom. The Morgan fingerprint density at radius 1 is 1.57 bits per heavy atom. The van der Waals surface area contributed by atoms with E-state index in [0.717, 1.165) is 12.3 Å². The molecule has 14 heavy (non-hydrogen) atoms. The monoisotopic (exact) mass is 193 g/mol. The first kappa shape index (κ1) is 9.71. The molecule has 2 rings (SSSR count). The molecule has 2 atom stereocenters. The van der Waals surface area contributed by atoms with Crippen LogP contribution < -0.4 is 5.73 Å². The molecule has 3 heteroatoms. The van der Waals surface area contributed by atoms with Gasteiger partial charge < -0.3 is 10.3 Å². The van der Waals surface area contributed by atoms with Crippen molar-refractivity contribution in [1.29, 1.82) is 0 Å². The number of imidazole rings is 1. The molecular formula is C11H19N3. The van der Waals surface area contributed by atoms with Crippen LogP contribution in [0, 0.1) is 5.92 Å².